The number of ether oxygens (including phenoxy) is 1. The molecule has 4 aromatic rings. The van der Waals surface area contributed by atoms with Crippen molar-refractivity contribution in [2.75, 3.05) is 13.3 Å². The second-order valence-corrected chi connectivity index (χ2v) is 8.63. The fourth-order valence-corrected chi connectivity index (χ4v) is 4.96. The van der Waals surface area contributed by atoms with Crippen LogP contribution in [0.15, 0.2) is 56.6 Å². The second kappa shape index (κ2) is 7.52. The number of pyridine rings is 1. The zero-order valence-electron chi connectivity index (χ0n) is 17.6. The highest BCUT2D eigenvalue weighted by Gasteiger charge is 2.34. The van der Waals surface area contributed by atoms with Crippen LogP contribution in [0.5, 0.6) is 5.75 Å². The quantitative estimate of drug-likeness (QED) is 0.464. The largest absolute Gasteiger partial charge is 0.478 e. The maximum absolute atomic E-state index is 14.3. The number of hydrogen-bond acceptors (Lipinski definition) is 5. The SMILES string of the molecule is O=c1c2ccc3c(c2oc2ccn(-c4cccc(F)c4F)c(=O)c12)C(C1CCC1)CNCO3. The molecule has 1 aliphatic heterocycles. The Morgan fingerprint density at radius 1 is 1.06 bits per heavy atom. The smallest absolute Gasteiger partial charge is 0.270 e. The lowest BCUT2D eigenvalue weighted by molar-refractivity contribution is 0.251. The molecule has 6 nitrogen and oxygen atoms in total. The monoisotopic (exact) mass is 450 g/mol. The minimum absolute atomic E-state index is 0.100. The third kappa shape index (κ3) is 3.01. The molecule has 0 bridgehead atoms. The highest BCUT2D eigenvalue weighted by Crippen LogP contribution is 2.45. The summed E-state index contributed by atoms with van der Waals surface area (Å²) in [6, 6.07) is 8.33. The van der Waals surface area contributed by atoms with Gasteiger partial charge in [0.2, 0.25) is 5.43 Å². The predicted molar refractivity (Wildman–Crippen MR) is 119 cm³/mol. The van der Waals surface area contributed by atoms with Gasteiger partial charge in [-0.3, -0.25) is 19.5 Å². The molecule has 8 heteroatoms. The normalized spacial score (nSPS) is 18.5. The maximum atomic E-state index is 14.3. The maximum Gasteiger partial charge on any atom is 0.270 e. The fraction of sp³-hybridized carbons (Fsp3) is 0.280. The number of halogens is 2. The zero-order chi connectivity index (χ0) is 22.7. The van der Waals surface area contributed by atoms with E-state index < -0.39 is 22.6 Å². The van der Waals surface area contributed by atoms with Crippen molar-refractivity contribution in [2.24, 2.45) is 5.92 Å². The number of benzene rings is 2. The highest BCUT2D eigenvalue weighted by molar-refractivity contribution is 5.92. The molecule has 1 atom stereocenters. The number of aromatic nitrogens is 1. The van der Waals surface area contributed by atoms with Crippen LogP contribution in [0.4, 0.5) is 8.78 Å². The summed E-state index contributed by atoms with van der Waals surface area (Å²) in [4.78, 5) is 26.7. The zero-order valence-corrected chi connectivity index (χ0v) is 17.6. The molecule has 33 heavy (non-hydrogen) atoms. The first kappa shape index (κ1) is 20.1. The van der Waals surface area contributed by atoms with Crippen molar-refractivity contribution in [1.82, 2.24) is 9.88 Å². The van der Waals surface area contributed by atoms with Crippen LogP contribution in [0, 0.1) is 17.6 Å². The van der Waals surface area contributed by atoms with E-state index >= 15 is 0 Å². The molecule has 2 aliphatic rings. The van der Waals surface area contributed by atoms with Gasteiger partial charge in [0.05, 0.1) is 11.1 Å². The Morgan fingerprint density at radius 2 is 1.91 bits per heavy atom. The molecular weight excluding hydrogens is 430 g/mol. The van der Waals surface area contributed by atoms with Gasteiger partial charge >= 0.3 is 0 Å². The Kier molecular flexibility index (Phi) is 4.58. The number of nitrogens with zero attached hydrogens (tertiary/aromatic N) is 1. The molecule has 6 rings (SSSR count). The minimum atomic E-state index is -1.16. The van der Waals surface area contributed by atoms with Crippen molar-refractivity contribution in [3.05, 3.63) is 80.4 Å². The first-order chi connectivity index (χ1) is 16.0. The molecule has 2 aromatic heterocycles. The van der Waals surface area contributed by atoms with Crippen molar-refractivity contribution in [3.63, 3.8) is 0 Å². The molecule has 0 radical (unpaired) electrons. The average molecular weight is 450 g/mol. The van der Waals surface area contributed by atoms with Gasteiger partial charge in [0.25, 0.3) is 5.56 Å². The number of fused-ring (bicyclic) bond motifs is 4. The van der Waals surface area contributed by atoms with E-state index in [9.17, 15) is 18.4 Å². The number of hydrogen-bond donors (Lipinski definition) is 1. The van der Waals surface area contributed by atoms with E-state index in [1.807, 2.05) is 0 Å². The van der Waals surface area contributed by atoms with Crippen molar-refractivity contribution >= 4 is 21.9 Å². The molecule has 1 aliphatic carbocycles. The fourth-order valence-electron chi connectivity index (χ4n) is 4.96. The third-order valence-electron chi connectivity index (χ3n) is 6.87. The lowest BCUT2D eigenvalue weighted by atomic mass is 9.72. The van der Waals surface area contributed by atoms with E-state index in [1.54, 1.807) is 12.1 Å². The molecule has 1 fully saturated rings. The van der Waals surface area contributed by atoms with Crippen LogP contribution in [0.1, 0.15) is 30.7 Å². The molecule has 1 saturated carbocycles. The van der Waals surface area contributed by atoms with Gasteiger partial charge in [0.1, 0.15) is 29.0 Å². The van der Waals surface area contributed by atoms with Crippen molar-refractivity contribution < 1.29 is 17.9 Å². The molecule has 1 unspecified atom stereocenters. The van der Waals surface area contributed by atoms with Crippen LogP contribution in [0.25, 0.3) is 27.6 Å². The van der Waals surface area contributed by atoms with Crippen LogP contribution in [-0.4, -0.2) is 17.8 Å². The Labute approximate surface area is 186 Å². The van der Waals surface area contributed by atoms with Crippen LogP contribution >= 0.6 is 0 Å². The van der Waals surface area contributed by atoms with E-state index in [1.165, 1.54) is 30.8 Å². The van der Waals surface area contributed by atoms with Crippen LogP contribution < -0.4 is 21.0 Å². The summed E-state index contributed by atoms with van der Waals surface area (Å²) in [5.41, 5.74) is -0.177. The number of rotatable bonds is 2. The Balaban J connectivity index is 1.63. The summed E-state index contributed by atoms with van der Waals surface area (Å²) in [6.07, 6.45) is 4.67. The molecule has 1 N–H and O–H groups in total. The Bertz CT molecular complexity index is 1540. The molecule has 0 spiro atoms. The van der Waals surface area contributed by atoms with Crippen molar-refractivity contribution in [2.45, 2.75) is 25.2 Å². The van der Waals surface area contributed by atoms with Gasteiger partial charge < -0.3 is 9.15 Å². The standard InChI is InChI=1S/C25H20F2N2O4/c26-16-5-2-6-17(22(16)27)29-10-9-19-21(25(29)31)23(30)14-7-8-18-20(24(14)33-19)15(11-28-12-32-18)13-3-1-4-13/h2,5-10,13,15,28H,1,3-4,11-12H2. The first-order valence-electron chi connectivity index (χ1n) is 11.0. The lowest BCUT2D eigenvalue weighted by Gasteiger charge is -2.33. The Morgan fingerprint density at radius 3 is 2.70 bits per heavy atom. The number of nitrogens with one attached hydrogen (secondary N) is 1. The van der Waals surface area contributed by atoms with Gasteiger partial charge in [0, 0.05) is 24.2 Å². The lowest BCUT2D eigenvalue weighted by Crippen LogP contribution is -2.29. The third-order valence-corrected chi connectivity index (χ3v) is 6.87. The summed E-state index contributed by atoms with van der Waals surface area (Å²) in [5, 5.41) is 3.36. The first-order valence-corrected chi connectivity index (χ1v) is 11.0. The predicted octanol–water partition coefficient (Wildman–Crippen LogP) is 4.20. The van der Waals surface area contributed by atoms with Gasteiger partial charge in [-0.05, 0) is 49.1 Å². The van der Waals surface area contributed by atoms with Crippen molar-refractivity contribution in [1.29, 1.82) is 0 Å². The summed E-state index contributed by atoms with van der Waals surface area (Å²) in [5.74, 6) is -0.983. The minimum Gasteiger partial charge on any atom is -0.478 e. The molecule has 168 valence electrons. The Hall–Kier alpha value is -3.52. The molecule has 3 heterocycles. The van der Waals surface area contributed by atoms with E-state index in [0.29, 0.717) is 30.5 Å². The summed E-state index contributed by atoms with van der Waals surface area (Å²) in [6.45, 7) is 1.07. The van der Waals surface area contributed by atoms with Crippen LogP contribution in [0.2, 0.25) is 0 Å². The van der Waals surface area contributed by atoms with Gasteiger partial charge in [-0.2, -0.15) is 0 Å². The molecule has 2 aromatic carbocycles. The van der Waals surface area contributed by atoms with Gasteiger partial charge in [0.15, 0.2) is 11.6 Å². The topological polar surface area (TPSA) is 73.5 Å². The van der Waals surface area contributed by atoms with Gasteiger partial charge in [-0.1, -0.05) is 12.5 Å². The molecular formula is C25H20F2N2O4. The van der Waals surface area contributed by atoms with Crippen LogP contribution in [-0.2, 0) is 0 Å². The van der Waals surface area contributed by atoms with E-state index in [2.05, 4.69) is 5.32 Å². The average Bonchev–Trinajstić information content (AvgIpc) is 2.98. The molecule has 0 amide bonds. The van der Waals surface area contributed by atoms with E-state index in [-0.39, 0.29) is 28.0 Å². The van der Waals surface area contributed by atoms with Crippen molar-refractivity contribution in [3.8, 4) is 11.4 Å². The van der Waals surface area contributed by atoms with E-state index in [0.717, 1.165) is 29.0 Å². The highest BCUT2D eigenvalue weighted by atomic mass is 19.2. The second-order valence-electron chi connectivity index (χ2n) is 8.63. The summed E-state index contributed by atoms with van der Waals surface area (Å²) in [7, 11) is 0. The van der Waals surface area contributed by atoms with Crippen LogP contribution in [0.3, 0.4) is 0 Å². The summed E-state index contributed by atoms with van der Waals surface area (Å²) >= 11 is 0. The van der Waals surface area contributed by atoms with Gasteiger partial charge in [-0.25, -0.2) is 8.78 Å². The van der Waals surface area contributed by atoms with E-state index in [4.69, 9.17) is 9.15 Å². The molecule has 0 saturated heterocycles. The van der Waals surface area contributed by atoms with Gasteiger partial charge in [-0.15, -0.1) is 0 Å². The summed E-state index contributed by atoms with van der Waals surface area (Å²) < 4.78 is 41.1.